The molecule has 0 spiro atoms. The molecule has 0 heterocycles. The average Bonchev–Trinajstić information content (AvgIpc) is 2.38. The lowest BCUT2D eigenvalue weighted by Gasteiger charge is -2.07. The minimum absolute atomic E-state index is 0.185. The van der Waals surface area contributed by atoms with Crippen molar-refractivity contribution in [3.05, 3.63) is 63.6 Å². The molecule has 0 saturated heterocycles. The standard InChI is InChI=1S/C14H9BrF2O2/c1-19-9-3-5-12(15)11(7-9)14(18)10-4-2-8(16)6-13(10)17/h2-7H,1H3. The Morgan fingerprint density at radius 2 is 1.84 bits per heavy atom. The minimum Gasteiger partial charge on any atom is -0.497 e. The Kier molecular flexibility index (Phi) is 3.95. The van der Waals surface area contributed by atoms with E-state index in [2.05, 4.69) is 15.9 Å². The summed E-state index contributed by atoms with van der Waals surface area (Å²) in [7, 11) is 1.47. The zero-order valence-electron chi connectivity index (χ0n) is 9.91. The molecule has 0 aliphatic heterocycles. The Morgan fingerprint density at radius 3 is 2.47 bits per heavy atom. The predicted molar refractivity (Wildman–Crippen MR) is 70.5 cm³/mol. The van der Waals surface area contributed by atoms with Crippen LogP contribution in [-0.2, 0) is 0 Å². The van der Waals surface area contributed by atoms with Gasteiger partial charge in [-0.1, -0.05) is 15.9 Å². The van der Waals surface area contributed by atoms with Crippen molar-refractivity contribution < 1.29 is 18.3 Å². The second-order valence-electron chi connectivity index (χ2n) is 3.80. The van der Waals surface area contributed by atoms with E-state index < -0.39 is 17.4 Å². The number of hydrogen-bond acceptors (Lipinski definition) is 2. The molecule has 0 saturated carbocycles. The smallest absolute Gasteiger partial charge is 0.197 e. The lowest BCUT2D eigenvalue weighted by atomic mass is 10.0. The molecule has 0 N–H and O–H groups in total. The van der Waals surface area contributed by atoms with Gasteiger partial charge < -0.3 is 4.74 Å². The number of benzene rings is 2. The molecule has 5 heteroatoms. The first-order chi connectivity index (χ1) is 9.02. The maximum Gasteiger partial charge on any atom is 0.197 e. The van der Waals surface area contributed by atoms with Crippen molar-refractivity contribution in [3.63, 3.8) is 0 Å². The number of ether oxygens (including phenoxy) is 1. The fourth-order valence-corrected chi connectivity index (χ4v) is 2.05. The van der Waals surface area contributed by atoms with Gasteiger partial charge in [0, 0.05) is 16.1 Å². The van der Waals surface area contributed by atoms with Crippen molar-refractivity contribution in [1.29, 1.82) is 0 Å². The Labute approximate surface area is 117 Å². The third-order valence-corrected chi connectivity index (χ3v) is 3.29. The van der Waals surface area contributed by atoms with Gasteiger partial charge in [0.05, 0.1) is 12.7 Å². The summed E-state index contributed by atoms with van der Waals surface area (Å²) < 4.78 is 32.0. The van der Waals surface area contributed by atoms with Crippen molar-refractivity contribution in [1.82, 2.24) is 0 Å². The Hall–Kier alpha value is -1.75. The van der Waals surface area contributed by atoms with Crippen LogP contribution in [0, 0.1) is 11.6 Å². The molecule has 0 fully saturated rings. The lowest BCUT2D eigenvalue weighted by Crippen LogP contribution is -2.06. The highest BCUT2D eigenvalue weighted by atomic mass is 79.9. The third-order valence-electron chi connectivity index (χ3n) is 2.59. The van der Waals surface area contributed by atoms with Crippen molar-refractivity contribution in [2.45, 2.75) is 0 Å². The first kappa shape index (κ1) is 13.7. The monoisotopic (exact) mass is 326 g/mol. The van der Waals surface area contributed by atoms with Gasteiger partial charge in [-0.2, -0.15) is 0 Å². The first-order valence-electron chi connectivity index (χ1n) is 5.36. The van der Waals surface area contributed by atoms with E-state index in [0.29, 0.717) is 16.3 Å². The molecule has 2 nitrogen and oxygen atoms in total. The van der Waals surface area contributed by atoms with E-state index in [0.717, 1.165) is 12.1 Å². The molecule has 0 bridgehead atoms. The summed E-state index contributed by atoms with van der Waals surface area (Å²) in [5.74, 6) is -1.67. The number of carbonyl (C=O) groups excluding carboxylic acids is 1. The van der Waals surface area contributed by atoms with Crippen LogP contribution in [0.1, 0.15) is 15.9 Å². The van der Waals surface area contributed by atoms with Gasteiger partial charge in [-0.25, -0.2) is 8.78 Å². The van der Waals surface area contributed by atoms with Gasteiger partial charge in [0.25, 0.3) is 0 Å². The highest BCUT2D eigenvalue weighted by Gasteiger charge is 2.17. The summed E-state index contributed by atoms with van der Waals surface area (Å²) in [4.78, 5) is 12.2. The number of ketones is 1. The summed E-state index contributed by atoms with van der Waals surface area (Å²) in [6, 6.07) is 7.65. The first-order valence-corrected chi connectivity index (χ1v) is 6.15. The van der Waals surface area contributed by atoms with Crippen molar-refractivity contribution in [3.8, 4) is 5.75 Å². The van der Waals surface area contributed by atoms with Gasteiger partial charge in [0.1, 0.15) is 17.4 Å². The topological polar surface area (TPSA) is 26.3 Å². The van der Waals surface area contributed by atoms with E-state index in [1.807, 2.05) is 0 Å². The maximum atomic E-state index is 13.6. The molecule has 2 rings (SSSR count). The Bertz CT molecular complexity index is 641. The molecule has 0 aromatic heterocycles. The number of hydrogen-bond donors (Lipinski definition) is 0. The average molecular weight is 327 g/mol. The highest BCUT2D eigenvalue weighted by molar-refractivity contribution is 9.10. The van der Waals surface area contributed by atoms with E-state index in [-0.39, 0.29) is 11.1 Å². The van der Waals surface area contributed by atoms with Crippen molar-refractivity contribution in [2.24, 2.45) is 0 Å². The molecular weight excluding hydrogens is 318 g/mol. The van der Waals surface area contributed by atoms with Crippen molar-refractivity contribution >= 4 is 21.7 Å². The van der Waals surface area contributed by atoms with Crippen LogP contribution >= 0.6 is 15.9 Å². The van der Waals surface area contributed by atoms with Gasteiger partial charge in [0.2, 0.25) is 0 Å². The molecule has 0 aliphatic rings. The van der Waals surface area contributed by atoms with Gasteiger partial charge in [-0.05, 0) is 30.3 Å². The number of rotatable bonds is 3. The molecule has 0 amide bonds. The second-order valence-corrected chi connectivity index (χ2v) is 4.65. The van der Waals surface area contributed by atoms with Gasteiger partial charge in [-0.15, -0.1) is 0 Å². The highest BCUT2D eigenvalue weighted by Crippen LogP contribution is 2.25. The van der Waals surface area contributed by atoms with Crippen molar-refractivity contribution in [2.75, 3.05) is 7.11 Å². The summed E-state index contributed by atoms with van der Waals surface area (Å²) in [6.07, 6.45) is 0. The fourth-order valence-electron chi connectivity index (χ4n) is 1.62. The predicted octanol–water partition coefficient (Wildman–Crippen LogP) is 3.97. The molecule has 2 aromatic rings. The number of halogens is 3. The number of methoxy groups -OCH3 is 1. The normalized spacial score (nSPS) is 10.3. The molecule has 0 radical (unpaired) electrons. The molecule has 0 atom stereocenters. The van der Waals surface area contributed by atoms with Crippen LogP contribution in [0.15, 0.2) is 40.9 Å². The van der Waals surface area contributed by atoms with Crippen LogP contribution in [-0.4, -0.2) is 12.9 Å². The van der Waals surface area contributed by atoms with E-state index in [1.165, 1.54) is 13.2 Å². The van der Waals surface area contributed by atoms with Gasteiger partial charge in [-0.3, -0.25) is 4.79 Å². The summed E-state index contributed by atoms with van der Waals surface area (Å²) in [5.41, 5.74) is 0.0696. The molecule has 19 heavy (non-hydrogen) atoms. The second kappa shape index (κ2) is 5.48. The van der Waals surface area contributed by atoms with Crippen LogP contribution in [0.3, 0.4) is 0 Å². The Morgan fingerprint density at radius 1 is 1.11 bits per heavy atom. The molecule has 0 unspecified atom stereocenters. The summed E-state index contributed by atoms with van der Waals surface area (Å²) in [5, 5.41) is 0. The molecule has 98 valence electrons. The maximum absolute atomic E-state index is 13.6. The molecule has 0 aliphatic carbocycles. The molecule has 2 aromatic carbocycles. The summed E-state index contributed by atoms with van der Waals surface area (Å²) >= 11 is 3.22. The SMILES string of the molecule is COc1ccc(Br)c(C(=O)c2ccc(F)cc2F)c1. The Balaban J connectivity index is 2.49. The molecular formula is C14H9BrF2O2. The van der Waals surface area contributed by atoms with Crippen LogP contribution in [0.2, 0.25) is 0 Å². The van der Waals surface area contributed by atoms with Crippen LogP contribution in [0.25, 0.3) is 0 Å². The largest absolute Gasteiger partial charge is 0.497 e. The van der Waals surface area contributed by atoms with Crippen LogP contribution < -0.4 is 4.74 Å². The minimum atomic E-state index is -0.889. The zero-order valence-corrected chi connectivity index (χ0v) is 11.5. The lowest BCUT2D eigenvalue weighted by molar-refractivity contribution is 0.103. The summed E-state index contributed by atoms with van der Waals surface area (Å²) in [6.45, 7) is 0. The quantitative estimate of drug-likeness (QED) is 0.798. The van der Waals surface area contributed by atoms with E-state index in [1.54, 1.807) is 12.1 Å². The van der Waals surface area contributed by atoms with Gasteiger partial charge >= 0.3 is 0 Å². The van der Waals surface area contributed by atoms with Crippen LogP contribution in [0.4, 0.5) is 8.78 Å². The van der Waals surface area contributed by atoms with E-state index >= 15 is 0 Å². The third kappa shape index (κ3) is 2.81. The van der Waals surface area contributed by atoms with E-state index in [4.69, 9.17) is 4.74 Å². The van der Waals surface area contributed by atoms with Crippen LogP contribution in [0.5, 0.6) is 5.75 Å². The van der Waals surface area contributed by atoms with Gasteiger partial charge in [0.15, 0.2) is 5.78 Å². The fraction of sp³-hybridized carbons (Fsp3) is 0.0714. The van der Waals surface area contributed by atoms with E-state index in [9.17, 15) is 13.6 Å². The zero-order chi connectivity index (χ0) is 14.0. The number of carbonyl (C=O) groups is 1.